The van der Waals surface area contributed by atoms with E-state index in [0.717, 1.165) is 38.3 Å². The second kappa shape index (κ2) is 6.24. The molecule has 76 valence electrons. The van der Waals surface area contributed by atoms with Gasteiger partial charge >= 0.3 is 0 Å². The first-order valence-electron chi connectivity index (χ1n) is 4.95. The van der Waals surface area contributed by atoms with E-state index < -0.39 is 0 Å². The Morgan fingerprint density at radius 3 is 2.29 bits per heavy atom. The molecule has 1 aliphatic carbocycles. The van der Waals surface area contributed by atoms with E-state index in [-0.39, 0.29) is 0 Å². The summed E-state index contributed by atoms with van der Waals surface area (Å²) in [6.45, 7) is 0. The minimum atomic E-state index is 0.307. The van der Waals surface area contributed by atoms with Gasteiger partial charge in [-0.25, -0.2) is 0 Å². The van der Waals surface area contributed by atoms with Gasteiger partial charge in [-0.15, -0.1) is 0 Å². The number of hydrogen-bond acceptors (Lipinski definition) is 3. The van der Waals surface area contributed by atoms with Crippen LogP contribution in [0, 0.1) is 5.92 Å². The van der Waals surface area contributed by atoms with Crippen molar-refractivity contribution in [3.63, 3.8) is 0 Å². The number of rotatable bonds is 4. The maximum Gasteiger partial charge on any atom is 0.160 e. The highest BCUT2D eigenvalue weighted by molar-refractivity contribution is 6.12. The van der Waals surface area contributed by atoms with E-state index in [4.69, 9.17) is 0 Å². The van der Waals surface area contributed by atoms with E-state index in [1.54, 1.807) is 6.08 Å². The largest absolute Gasteiger partial charge is 0.299 e. The Balaban J connectivity index is 2.30. The van der Waals surface area contributed by atoms with E-state index in [2.05, 4.69) is 4.99 Å². The van der Waals surface area contributed by atoms with Crippen LogP contribution in [0.4, 0.5) is 0 Å². The van der Waals surface area contributed by atoms with Crippen LogP contribution < -0.4 is 0 Å². The molecule has 0 heterocycles. The molecule has 3 heteroatoms. The highest BCUT2D eigenvalue weighted by Gasteiger charge is 2.17. The summed E-state index contributed by atoms with van der Waals surface area (Å²) in [7, 11) is 0. The maximum absolute atomic E-state index is 10.1. The zero-order valence-corrected chi connectivity index (χ0v) is 8.13. The first kappa shape index (κ1) is 10.8. The summed E-state index contributed by atoms with van der Waals surface area (Å²) in [5, 5.41) is 0. The summed E-state index contributed by atoms with van der Waals surface area (Å²) in [6, 6.07) is 0.307. The van der Waals surface area contributed by atoms with Crippen LogP contribution >= 0.6 is 0 Å². The molecule has 0 atom stereocenters. The van der Waals surface area contributed by atoms with Gasteiger partial charge in [0.1, 0.15) is 6.29 Å². The van der Waals surface area contributed by atoms with E-state index in [0.29, 0.717) is 12.0 Å². The van der Waals surface area contributed by atoms with Crippen molar-refractivity contribution in [2.24, 2.45) is 10.9 Å². The Kier molecular flexibility index (Phi) is 4.83. The lowest BCUT2D eigenvalue weighted by molar-refractivity contribution is -0.104. The molecule has 3 nitrogen and oxygen atoms in total. The van der Waals surface area contributed by atoms with Gasteiger partial charge < -0.3 is 0 Å². The van der Waals surface area contributed by atoms with Crippen LogP contribution in [0.1, 0.15) is 25.7 Å². The van der Waals surface area contributed by atoms with Gasteiger partial charge in [-0.05, 0) is 37.7 Å². The second-order valence-corrected chi connectivity index (χ2v) is 3.52. The molecule has 1 aliphatic rings. The highest BCUT2D eigenvalue weighted by Crippen LogP contribution is 2.26. The van der Waals surface area contributed by atoms with Crippen molar-refractivity contribution in [1.29, 1.82) is 0 Å². The number of aldehydes is 2. The highest BCUT2D eigenvalue weighted by atomic mass is 16.1. The van der Waals surface area contributed by atoms with Crippen LogP contribution in [0.3, 0.4) is 0 Å². The molecule has 0 unspecified atom stereocenters. The predicted octanol–water partition coefficient (Wildman–Crippen LogP) is 1.57. The molecule has 0 radical (unpaired) electrons. The predicted molar refractivity (Wildman–Crippen MR) is 55.5 cm³/mol. The summed E-state index contributed by atoms with van der Waals surface area (Å²) in [5.41, 5.74) is 0. The fourth-order valence-corrected chi connectivity index (χ4v) is 1.80. The zero-order valence-electron chi connectivity index (χ0n) is 8.13. The molecule has 0 aliphatic heterocycles. The Morgan fingerprint density at radius 1 is 1.00 bits per heavy atom. The summed E-state index contributed by atoms with van der Waals surface area (Å²) in [6.07, 6.45) is 10.6. The van der Waals surface area contributed by atoms with E-state index in [1.165, 1.54) is 6.21 Å². The normalized spacial score (nSPS) is 28.3. The lowest BCUT2D eigenvalue weighted by atomic mass is 9.86. The van der Waals surface area contributed by atoms with Crippen LogP contribution in [-0.2, 0) is 9.59 Å². The Hall–Kier alpha value is -1.25. The minimum Gasteiger partial charge on any atom is -0.299 e. The molecule has 0 amide bonds. The number of hydrogen-bond donors (Lipinski definition) is 0. The molecular weight excluding hydrogens is 178 g/mol. The molecule has 0 aromatic rings. The summed E-state index contributed by atoms with van der Waals surface area (Å²) in [4.78, 5) is 24.3. The van der Waals surface area contributed by atoms with E-state index in [9.17, 15) is 9.59 Å². The molecule has 0 N–H and O–H groups in total. The average molecular weight is 193 g/mol. The summed E-state index contributed by atoms with van der Waals surface area (Å²) in [5.74, 6) is 0.517. The van der Waals surface area contributed by atoms with Crippen LogP contribution in [0.5, 0.6) is 0 Å². The van der Waals surface area contributed by atoms with Crippen molar-refractivity contribution >= 4 is 18.8 Å². The third kappa shape index (κ3) is 3.64. The van der Waals surface area contributed by atoms with Crippen LogP contribution in [-0.4, -0.2) is 24.8 Å². The molecule has 1 rings (SSSR count). The molecule has 0 aromatic heterocycles. The van der Waals surface area contributed by atoms with Gasteiger partial charge in [-0.3, -0.25) is 14.6 Å². The van der Waals surface area contributed by atoms with Crippen LogP contribution in [0.25, 0.3) is 0 Å². The summed E-state index contributed by atoms with van der Waals surface area (Å²) < 4.78 is 0. The quantitative estimate of drug-likeness (QED) is 0.386. The minimum absolute atomic E-state index is 0.307. The topological polar surface area (TPSA) is 46.5 Å². The Bertz CT molecular complexity index is 212. The van der Waals surface area contributed by atoms with E-state index in [1.807, 2.05) is 6.08 Å². The molecular formula is C11H15NO2. The van der Waals surface area contributed by atoms with Gasteiger partial charge in [-0.2, -0.15) is 0 Å². The smallest absolute Gasteiger partial charge is 0.160 e. The van der Waals surface area contributed by atoms with Crippen molar-refractivity contribution < 1.29 is 9.59 Å². The number of carbonyl (C=O) groups is 2. The SMILES string of the molecule is O=CC=CC1CCC(N=CC=O)CC1. The van der Waals surface area contributed by atoms with Gasteiger partial charge in [0, 0.05) is 0 Å². The second-order valence-electron chi connectivity index (χ2n) is 3.52. The fraction of sp³-hybridized carbons (Fsp3) is 0.545. The number of carbonyl (C=O) groups excluding carboxylic acids is 2. The molecule has 14 heavy (non-hydrogen) atoms. The van der Waals surface area contributed by atoms with Gasteiger partial charge in [0.25, 0.3) is 0 Å². The van der Waals surface area contributed by atoms with Gasteiger partial charge in [0.2, 0.25) is 0 Å². The lowest BCUT2D eigenvalue weighted by Crippen LogP contribution is -2.16. The van der Waals surface area contributed by atoms with Crippen molar-refractivity contribution in [3.8, 4) is 0 Å². The number of nitrogens with zero attached hydrogens (tertiary/aromatic N) is 1. The van der Waals surface area contributed by atoms with Crippen molar-refractivity contribution in [1.82, 2.24) is 0 Å². The van der Waals surface area contributed by atoms with Crippen molar-refractivity contribution in [2.45, 2.75) is 31.7 Å². The Morgan fingerprint density at radius 2 is 1.71 bits per heavy atom. The molecule has 0 saturated heterocycles. The molecule has 0 aromatic carbocycles. The van der Waals surface area contributed by atoms with E-state index >= 15 is 0 Å². The summed E-state index contributed by atoms with van der Waals surface area (Å²) >= 11 is 0. The monoisotopic (exact) mass is 193 g/mol. The number of allylic oxidation sites excluding steroid dienone is 2. The van der Waals surface area contributed by atoms with Crippen molar-refractivity contribution in [2.75, 3.05) is 0 Å². The van der Waals surface area contributed by atoms with Gasteiger partial charge in [-0.1, -0.05) is 6.08 Å². The standard InChI is InChI=1S/C11H15NO2/c13-8-1-2-10-3-5-11(6-4-10)12-7-9-14/h1-2,7-11H,3-6H2. The third-order valence-electron chi connectivity index (χ3n) is 2.56. The van der Waals surface area contributed by atoms with Crippen LogP contribution in [0.2, 0.25) is 0 Å². The van der Waals surface area contributed by atoms with Crippen molar-refractivity contribution in [3.05, 3.63) is 12.2 Å². The first-order valence-corrected chi connectivity index (χ1v) is 4.95. The Labute approximate surface area is 83.9 Å². The van der Waals surface area contributed by atoms with Crippen LogP contribution in [0.15, 0.2) is 17.1 Å². The first-order chi connectivity index (χ1) is 6.86. The lowest BCUT2D eigenvalue weighted by Gasteiger charge is -2.23. The van der Waals surface area contributed by atoms with Gasteiger partial charge in [0.05, 0.1) is 12.3 Å². The number of aliphatic imine (C=N–C) groups is 1. The third-order valence-corrected chi connectivity index (χ3v) is 2.56. The maximum atomic E-state index is 10.1. The van der Waals surface area contributed by atoms with Gasteiger partial charge in [0.15, 0.2) is 6.29 Å². The molecule has 1 fully saturated rings. The molecule has 1 saturated carbocycles. The molecule has 0 spiro atoms. The fourth-order valence-electron chi connectivity index (χ4n) is 1.80. The zero-order chi connectivity index (χ0) is 10.2. The average Bonchev–Trinajstić information content (AvgIpc) is 2.25. The molecule has 0 bridgehead atoms.